The lowest BCUT2D eigenvalue weighted by Crippen LogP contribution is -2.42. The molecule has 1 saturated heterocycles. The monoisotopic (exact) mass is 306 g/mol. The van der Waals surface area contributed by atoms with Crippen LogP contribution in [0.3, 0.4) is 0 Å². The third-order valence-electron chi connectivity index (χ3n) is 3.00. The van der Waals surface area contributed by atoms with E-state index in [0.717, 1.165) is 17.8 Å². The summed E-state index contributed by atoms with van der Waals surface area (Å²) in [6.45, 7) is 0.856. The number of hydrogen-bond donors (Lipinski definition) is 1. The van der Waals surface area contributed by atoms with Gasteiger partial charge >= 0.3 is 0 Å². The van der Waals surface area contributed by atoms with Gasteiger partial charge in [-0.3, -0.25) is 14.5 Å². The first-order valence-corrected chi connectivity index (χ1v) is 7.07. The first-order chi connectivity index (χ1) is 8.49. The molecule has 0 spiro atoms. The molecule has 0 bridgehead atoms. The highest BCUT2D eigenvalue weighted by molar-refractivity contribution is 7.20. The second kappa shape index (κ2) is 5.57. The Bertz CT molecular complexity index is 489. The minimum atomic E-state index is -0.380. The highest BCUT2D eigenvalue weighted by Crippen LogP contribution is 2.31. The van der Waals surface area contributed by atoms with Crippen LogP contribution in [-0.4, -0.2) is 35.7 Å². The fraction of sp³-hybridized carbons (Fsp3) is 0.455. The molecule has 1 aliphatic heterocycles. The van der Waals surface area contributed by atoms with E-state index in [1.807, 2.05) is 0 Å². The summed E-state index contributed by atoms with van der Waals surface area (Å²) in [5, 5.41) is 0. The van der Waals surface area contributed by atoms with Crippen LogP contribution in [0, 0.1) is 0 Å². The van der Waals surface area contributed by atoms with Crippen LogP contribution in [0.1, 0.15) is 23.2 Å². The summed E-state index contributed by atoms with van der Waals surface area (Å²) in [5.41, 5.74) is 5.72. The summed E-state index contributed by atoms with van der Waals surface area (Å²) in [7, 11) is 0. The van der Waals surface area contributed by atoms with Gasteiger partial charge in [0.2, 0.25) is 5.91 Å². The van der Waals surface area contributed by atoms with Gasteiger partial charge in [-0.1, -0.05) is 23.2 Å². The van der Waals surface area contributed by atoms with Crippen molar-refractivity contribution in [2.75, 3.05) is 13.1 Å². The molecule has 4 nitrogen and oxygen atoms in total. The van der Waals surface area contributed by atoms with Gasteiger partial charge in [0.05, 0.1) is 22.5 Å². The summed E-state index contributed by atoms with van der Waals surface area (Å²) in [4.78, 5) is 25.1. The van der Waals surface area contributed by atoms with Crippen LogP contribution >= 0.6 is 34.5 Å². The average Bonchev–Trinajstić information content (AvgIpc) is 2.85. The van der Waals surface area contributed by atoms with E-state index in [4.69, 9.17) is 28.9 Å². The van der Waals surface area contributed by atoms with Crippen molar-refractivity contribution < 1.29 is 9.59 Å². The van der Waals surface area contributed by atoms with E-state index < -0.39 is 0 Å². The molecule has 7 heteroatoms. The minimum absolute atomic E-state index is 0.128. The number of hydrogen-bond acceptors (Lipinski definition) is 4. The third-order valence-corrected chi connectivity index (χ3v) is 4.48. The van der Waals surface area contributed by atoms with Crippen molar-refractivity contribution in [3.8, 4) is 0 Å². The molecule has 2 rings (SSSR count). The number of carbonyl (C=O) groups excluding carboxylic acids is 2. The van der Waals surface area contributed by atoms with E-state index in [0.29, 0.717) is 27.2 Å². The van der Waals surface area contributed by atoms with Crippen LogP contribution in [0.5, 0.6) is 0 Å². The SMILES string of the molecule is NC(=O)C1CCCN1CC(=O)c1cc(Cl)sc1Cl. The maximum absolute atomic E-state index is 12.1. The first kappa shape index (κ1) is 13.8. The Morgan fingerprint density at radius 1 is 1.50 bits per heavy atom. The summed E-state index contributed by atoms with van der Waals surface area (Å²) >= 11 is 12.9. The molecule has 0 aromatic carbocycles. The fourth-order valence-electron chi connectivity index (χ4n) is 2.14. The molecule has 2 heterocycles. The Kier molecular flexibility index (Phi) is 4.27. The Balaban J connectivity index is 2.07. The first-order valence-electron chi connectivity index (χ1n) is 5.50. The number of likely N-dealkylation sites (tertiary alicyclic amines) is 1. The Labute approximate surface area is 119 Å². The lowest BCUT2D eigenvalue weighted by Gasteiger charge is -2.20. The van der Waals surface area contributed by atoms with Crippen molar-refractivity contribution >= 4 is 46.2 Å². The van der Waals surface area contributed by atoms with Crippen molar-refractivity contribution in [1.82, 2.24) is 4.90 Å². The smallest absolute Gasteiger partial charge is 0.234 e. The second-order valence-corrected chi connectivity index (χ2v) is 6.48. The Morgan fingerprint density at radius 3 is 2.78 bits per heavy atom. The highest BCUT2D eigenvalue weighted by Gasteiger charge is 2.31. The molecule has 1 amide bonds. The molecular weight excluding hydrogens is 295 g/mol. The number of primary amides is 1. The largest absolute Gasteiger partial charge is 0.368 e. The molecule has 18 heavy (non-hydrogen) atoms. The zero-order chi connectivity index (χ0) is 13.3. The normalized spacial score (nSPS) is 20.2. The van der Waals surface area contributed by atoms with Crippen LogP contribution in [0.25, 0.3) is 0 Å². The van der Waals surface area contributed by atoms with Crippen molar-refractivity contribution in [2.45, 2.75) is 18.9 Å². The maximum atomic E-state index is 12.1. The fourth-order valence-corrected chi connectivity index (χ4v) is 3.64. The van der Waals surface area contributed by atoms with Crippen molar-refractivity contribution in [2.24, 2.45) is 5.73 Å². The molecule has 1 aromatic heterocycles. The topological polar surface area (TPSA) is 63.4 Å². The number of halogens is 2. The van der Waals surface area contributed by atoms with Gasteiger partial charge < -0.3 is 5.73 Å². The van der Waals surface area contributed by atoms with Gasteiger partial charge in [-0.25, -0.2) is 0 Å². The average molecular weight is 307 g/mol. The van der Waals surface area contributed by atoms with E-state index in [9.17, 15) is 9.59 Å². The van der Waals surface area contributed by atoms with Crippen molar-refractivity contribution in [1.29, 1.82) is 0 Å². The van der Waals surface area contributed by atoms with E-state index in [-0.39, 0.29) is 24.3 Å². The number of Topliss-reactive ketones (excluding diaryl/α,β-unsaturated/α-hetero) is 1. The molecule has 0 aliphatic carbocycles. The molecule has 1 atom stereocenters. The molecule has 1 fully saturated rings. The summed E-state index contributed by atoms with van der Waals surface area (Å²) < 4.78 is 0.871. The van der Waals surface area contributed by atoms with E-state index in [1.165, 1.54) is 0 Å². The summed E-state index contributed by atoms with van der Waals surface area (Å²) in [6.07, 6.45) is 1.58. The number of thiophene rings is 1. The standard InChI is InChI=1S/C11H12Cl2N2O2S/c12-9-4-6(10(13)18-9)8(16)5-15-3-1-2-7(15)11(14)17/h4,7H,1-3,5H2,(H2,14,17). The van der Waals surface area contributed by atoms with Gasteiger partial charge in [-0.2, -0.15) is 0 Å². The number of nitrogens with zero attached hydrogens (tertiary/aromatic N) is 1. The predicted octanol–water partition coefficient (Wildman–Crippen LogP) is 2.19. The van der Waals surface area contributed by atoms with Crippen LogP contribution in [-0.2, 0) is 4.79 Å². The van der Waals surface area contributed by atoms with E-state index >= 15 is 0 Å². The molecule has 98 valence electrons. The summed E-state index contributed by atoms with van der Waals surface area (Å²) in [6, 6.07) is 1.22. The number of rotatable bonds is 4. The van der Waals surface area contributed by atoms with Gasteiger partial charge in [0.1, 0.15) is 4.34 Å². The lowest BCUT2D eigenvalue weighted by atomic mass is 10.2. The third kappa shape index (κ3) is 2.85. The molecule has 0 saturated carbocycles. The quantitative estimate of drug-likeness (QED) is 0.867. The zero-order valence-electron chi connectivity index (χ0n) is 9.49. The van der Waals surface area contributed by atoms with Gasteiger partial charge in [-0.05, 0) is 25.5 Å². The highest BCUT2D eigenvalue weighted by atomic mass is 35.5. The van der Waals surface area contributed by atoms with Crippen molar-refractivity contribution in [3.05, 3.63) is 20.3 Å². The van der Waals surface area contributed by atoms with E-state index in [1.54, 1.807) is 11.0 Å². The van der Waals surface area contributed by atoms with Crippen molar-refractivity contribution in [3.63, 3.8) is 0 Å². The van der Waals surface area contributed by atoms with Crippen LogP contribution in [0.15, 0.2) is 6.07 Å². The van der Waals surface area contributed by atoms with E-state index in [2.05, 4.69) is 0 Å². The van der Waals surface area contributed by atoms with Gasteiger partial charge in [0.25, 0.3) is 0 Å². The summed E-state index contributed by atoms with van der Waals surface area (Å²) in [5.74, 6) is -0.508. The van der Waals surface area contributed by atoms with Gasteiger partial charge in [-0.15, -0.1) is 11.3 Å². The Morgan fingerprint density at radius 2 is 2.22 bits per heavy atom. The van der Waals surface area contributed by atoms with Gasteiger partial charge in [0.15, 0.2) is 5.78 Å². The number of nitrogens with two attached hydrogens (primary N) is 1. The number of carbonyl (C=O) groups is 2. The minimum Gasteiger partial charge on any atom is -0.368 e. The number of amides is 1. The molecule has 1 unspecified atom stereocenters. The number of ketones is 1. The zero-order valence-corrected chi connectivity index (χ0v) is 11.8. The molecule has 2 N–H and O–H groups in total. The second-order valence-electron chi connectivity index (χ2n) is 4.19. The predicted molar refractivity (Wildman–Crippen MR) is 72.5 cm³/mol. The van der Waals surface area contributed by atoms with Crippen LogP contribution in [0.4, 0.5) is 0 Å². The van der Waals surface area contributed by atoms with Crippen LogP contribution in [0.2, 0.25) is 8.67 Å². The lowest BCUT2D eigenvalue weighted by molar-refractivity contribution is -0.122. The van der Waals surface area contributed by atoms with Crippen LogP contribution < -0.4 is 5.73 Å². The van der Waals surface area contributed by atoms with Gasteiger partial charge in [0, 0.05) is 0 Å². The molecule has 1 aromatic rings. The maximum Gasteiger partial charge on any atom is 0.234 e. The Hall–Kier alpha value is -0.620. The molecular formula is C11H12Cl2N2O2S. The molecule has 0 radical (unpaired) electrons. The molecule has 1 aliphatic rings.